The Bertz CT molecular complexity index is 922. The molecule has 2 fully saturated rings. The molecule has 1 aliphatic heterocycles. The summed E-state index contributed by atoms with van der Waals surface area (Å²) in [6.45, 7) is 18.0. The lowest BCUT2D eigenvalue weighted by molar-refractivity contribution is 0.0513. The molecule has 1 saturated heterocycles. The molecule has 0 unspecified atom stereocenters. The first-order valence-electron chi connectivity index (χ1n) is 14.0. The van der Waals surface area contributed by atoms with Crippen LogP contribution in [0.2, 0.25) is 0 Å². The summed E-state index contributed by atoms with van der Waals surface area (Å²) >= 11 is 0. The van der Waals surface area contributed by atoms with Crippen molar-refractivity contribution >= 4 is 16.7 Å². The Kier molecular flexibility index (Phi) is 9.01. The van der Waals surface area contributed by atoms with Gasteiger partial charge in [-0.3, -0.25) is 9.80 Å². The average molecular weight is 481 g/mol. The van der Waals surface area contributed by atoms with Crippen LogP contribution in [0.3, 0.4) is 0 Å². The molecule has 194 valence electrons. The maximum atomic E-state index is 4.98. The lowest BCUT2D eigenvalue weighted by Crippen LogP contribution is -2.51. The Hall–Kier alpha value is -1.76. The molecule has 1 aliphatic carbocycles. The molecule has 1 N–H and O–H groups in total. The number of nitrogens with zero attached hydrogens (tertiary/aromatic N) is 5. The second-order valence-corrected chi connectivity index (χ2v) is 11.9. The molecule has 6 nitrogen and oxygen atoms in total. The van der Waals surface area contributed by atoms with E-state index in [4.69, 9.17) is 9.97 Å². The summed E-state index contributed by atoms with van der Waals surface area (Å²) in [6, 6.07) is 9.19. The van der Waals surface area contributed by atoms with Crippen molar-refractivity contribution in [1.82, 2.24) is 24.7 Å². The normalized spacial score (nSPS) is 22.7. The Balaban J connectivity index is 1.31. The molecule has 0 radical (unpaired) electrons. The van der Waals surface area contributed by atoms with E-state index in [1.165, 1.54) is 38.8 Å². The van der Waals surface area contributed by atoms with Gasteiger partial charge in [-0.1, -0.05) is 39.8 Å². The molecule has 0 bridgehead atoms. The number of para-hydroxylation sites is 1. The van der Waals surface area contributed by atoms with Crippen LogP contribution in [0.4, 0.5) is 5.82 Å². The molecule has 1 aromatic heterocycles. The molecule has 0 spiro atoms. The Morgan fingerprint density at radius 1 is 1.00 bits per heavy atom. The summed E-state index contributed by atoms with van der Waals surface area (Å²) < 4.78 is 0. The van der Waals surface area contributed by atoms with Crippen molar-refractivity contribution in [1.29, 1.82) is 0 Å². The summed E-state index contributed by atoms with van der Waals surface area (Å²) in [5, 5.41) is 4.73. The van der Waals surface area contributed by atoms with Crippen LogP contribution in [0.5, 0.6) is 0 Å². The van der Waals surface area contributed by atoms with Gasteiger partial charge >= 0.3 is 0 Å². The zero-order valence-corrected chi connectivity index (χ0v) is 22.9. The van der Waals surface area contributed by atoms with E-state index in [0.29, 0.717) is 5.41 Å². The number of piperazine rings is 1. The standard InChI is InChI=1S/C29H48N6/c1-6-33(5)17-9-16-30-28-25-10-7-8-11-26(25)31-27(32-28)22-34-18-20-35(21-19-34)24-14-12-23(13-15-24)29(2,3)4/h7-8,10-11,23-24H,6,9,12-22H2,1-5H3,(H,30,31,32). The molecule has 0 amide bonds. The number of anilines is 1. The third-order valence-corrected chi connectivity index (χ3v) is 8.41. The number of nitrogens with one attached hydrogen (secondary N) is 1. The molecule has 2 aliphatic rings. The minimum Gasteiger partial charge on any atom is -0.369 e. The highest BCUT2D eigenvalue weighted by Crippen LogP contribution is 2.39. The van der Waals surface area contributed by atoms with Gasteiger partial charge in [0.2, 0.25) is 0 Å². The smallest absolute Gasteiger partial charge is 0.145 e. The van der Waals surface area contributed by atoms with Crippen LogP contribution in [-0.4, -0.2) is 83.6 Å². The third kappa shape index (κ3) is 7.14. The van der Waals surface area contributed by atoms with E-state index in [1.54, 1.807) is 0 Å². The fourth-order valence-electron chi connectivity index (χ4n) is 5.84. The average Bonchev–Trinajstić information content (AvgIpc) is 2.86. The molecule has 2 heterocycles. The number of hydrogen-bond donors (Lipinski definition) is 1. The van der Waals surface area contributed by atoms with E-state index in [9.17, 15) is 0 Å². The van der Waals surface area contributed by atoms with E-state index in [1.807, 2.05) is 0 Å². The highest BCUT2D eigenvalue weighted by atomic mass is 15.3. The largest absolute Gasteiger partial charge is 0.369 e. The zero-order valence-electron chi connectivity index (χ0n) is 22.9. The van der Waals surface area contributed by atoms with E-state index in [2.05, 4.69) is 79.0 Å². The van der Waals surface area contributed by atoms with Crippen LogP contribution >= 0.6 is 0 Å². The van der Waals surface area contributed by atoms with Crippen LogP contribution < -0.4 is 5.32 Å². The summed E-state index contributed by atoms with van der Waals surface area (Å²) in [6.07, 6.45) is 6.64. The predicted octanol–water partition coefficient (Wildman–Crippen LogP) is 5.11. The van der Waals surface area contributed by atoms with Crippen molar-refractivity contribution in [3.05, 3.63) is 30.1 Å². The van der Waals surface area contributed by atoms with E-state index in [0.717, 1.165) is 80.2 Å². The fourth-order valence-corrected chi connectivity index (χ4v) is 5.84. The molecule has 35 heavy (non-hydrogen) atoms. The van der Waals surface area contributed by atoms with Crippen LogP contribution in [-0.2, 0) is 6.54 Å². The van der Waals surface area contributed by atoms with Crippen molar-refractivity contribution in [2.24, 2.45) is 11.3 Å². The van der Waals surface area contributed by atoms with Crippen molar-refractivity contribution in [2.75, 3.05) is 58.2 Å². The van der Waals surface area contributed by atoms with Crippen LogP contribution in [0.15, 0.2) is 24.3 Å². The van der Waals surface area contributed by atoms with E-state index < -0.39 is 0 Å². The van der Waals surface area contributed by atoms with Gasteiger partial charge in [0.05, 0.1) is 12.1 Å². The first-order chi connectivity index (χ1) is 16.8. The summed E-state index contributed by atoms with van der Waals surface area (Å²) in [5.74, 6) is 2.82. The Morgan fingerprint density at radius 3 is 2.40 bits per heavy atom. The van der Waals surface area contributed by atoms with Gasteiger partial charge in [-0.2, -0.15) is 0 Å². The maximum absolute atomic E-state index is 4.98. The highest BCUT2D eigenvalue weighted by Gasteiger charge is 2.33. The Morgan fingerprint density at radius 2 is 1.71 bits per heavy atom. The number of hydrogen-bond acceptors (Lipinski definition) is 6. The van der Waals surface area contributed by atoms with E-state index >= 15 is 0 Å². The Labute approximate surface area is 213 Å². The lowest BCUT2D eigenvalue weighted by atomic mass is 9.71. The summed E-state index contributed by atoms with van der Waals surface area (Å²) in [4.78, 5) is 17.6. The van der Waals surface area contributed by atoms with Crippen LogP contribution in [0.25, 0.3) is 10.9 Å². The van der Waals surface area contributed by atoms with Crippen LogP contribution in [0, 0.1) is 11.3 Å². The highest BCUT2D eigenvalue weighted by molar-refractivity contribution is 5.88. The van der Waals surface area contributed by atoms with Gasteiger partial charge in [0, 0.05) is 44.2 Å². The topological polar surface area (TPSA) is 47.5 Å². The van der Waals surface area contributed by atoms with Crippen molar-refractivity contribution < 1.29 is 0 Å². The van der Waals surface area contributed by atoms with Crippen molar-refractivity contribution in [2.45, 2.75) is 72.4 Å². The third-order valence-electron chi connectivity index (χ3n) is 8.41. The minimum absolute atomic E-state index is 0.461. The molecule has 4 rings (SSSR count). The number of rotatable bonds is 9. The van der Waals surface area contributed by atoms with Gasteiger partial charge in [-0.25, -0.2) is 9.97 Å². The molecular formula is C29H48N6. The fraction of sp³-hybridized carbons (Fsp3) is 0.724. The second kappa shape index (κ2) is 12.0. The van der Waals surface area contributed by atoms with Crippen molar-refractivity contribution in [3.8, 4) is 0 Å². The number of fused-ring (bicyclic) bond motifs is 1. The second-order valence-electron chi connectivity index (χ2n) is 11.9. The molecular weight excluding hydrogens is 432 g/mol. The molecule has 2 aromatic rings. The molecule has 1 aromatic carbocycles. The van der Waals surface area contributed by atoms with Gasteiger partial charge in [0.25, 0.3) is 0 Å². The van der Waals surface area contributed by atoms with E-state index in [-0.39, 0.29) is 0 Å². The molecule has 1 saturated carbocycles. The van der Waals surface area contributed by atoms with Crippen LogP contribution in [0.1, 0.15) is 65.6 Å². The monoisotopic (exact) mass is 480 g/mol. The predicted molar refractivity (Wildman–Crippen MR) is 148 cm³/mol. The first kappa shape index (κ1) is 26.3. The number of benzene rings is 1. The zero-order chi connectivity index (χ0) is 24.8. The summed E-state index contributed by atoms with van der Waals surface area (Å²) in [7, 11) is 2.18. The molecule has 0 atom stereocenters. The van der Waals surface area contributed by atoms with Gasteiger partial charge in [0.15, 0.2) is 0 Å². The first-order valence-corrected chi connectivity index (χ1v) is 14.0. The van der Waals surface area contributed by atoms with Gasteiger partial charge in [-0.05, 0) is 75.7 Å². The molecule has 6 heteroatoms. The quantitative estimate of drug-likeness (QED) is 0.504. The number of aromatic nitrogens is 2. The van der Waals surface area contributed by atoms with Gasteiger partial charge in [0.1, 0.15) is 11.6 Å². The summed E-state index contributed by atoms with van der Waals surface area (Å²) in [5.41, 5.74) is 1.50. The SMILES string of the molecule is CCN(C)CCCNc1nc(CN2CCN(C3CCC(C(C)(C)C)CC3)CC2)nc2ccccc12. The van der Waals surface area contributed by atoms with Crippen molar-refractivity contribution in [3.63, 3.8) is 0 Å². The van der Waals surface area contributed by atoms with Gasteiger partial charge in [-0.15, -0.1) is 0 Å². The maximum Gasteiger partial charge on any atom is 0.145 e. The van der Waals surface area contributed by atoms with Gasteiger partial charge < -0.3 is 10.2 Å². The lowest BCUT2D eigenvalue weighted by Gasteiger charge is -2.44. The minimum atomic E-state index is 0.461.